The lowest BCUT2D eigenvalue weighted by Gasteiger charge is -2.09. The number of anilines is 1. The molecular formula is C16H15NO4. The molecule has 21 heavy (non-hydrogen) atoms. The van der Waals surface area contributed by atoms with Crippen LogP contribution in [0, 0.1) is 6.92 Å². The molecule has 108 valence electrons. The zero-order chi connectivity index (χ0) is 15.2. The standard InChI is InChI=1S/C16H15NO4/c1-11-5-3-4-6-14(11)17-16(19)21-13-9-7-12(8-10-13)15(18)20-2/h3-10H,1-2H3,(H,17,19). The van der Waals surface area contributed by atoms with Gasteiger partial charge in [0.2, 0.25) is 0 Å². The summed E-state index contributed by atoms with van der Waals surface area (Å²) in [6, 6.07) is 13.5. The number of carbonyl (C=O) groups is 2. The summed E-state index contributed by atoms with van der Waals surface area (Å²) < 4.78 is 9.73. The van der Waals surface area contributed by atoms with Crippen molar-refractivity contribution in [2.24, 2.45) is 0 Å². The molecule has 0 spiro atoms. The third-order valence-corrected chi connectivity index (χ3v) is 2.87. The summed E-state index contributed by atoms with van der Waals surface area (Å²) in [4.78, 5) is 23.1. The number of nitrogens with one attached hydrogen (secondary N) is 1. The molecule has 1 amide bonds. The molecule has 0 aliphatic heterocycles. The molecule has 0 radical (unpaired) electrons. The van der Waals surface area contributed by atoms with E-state index in [2.05, 4.69) is 10.1 Å². The van der Waals surface area contributed by atoms with E-state index in [4.69, 9.17) is 4.74 Å². The number of ether oxygens (including phenoxy) is 2. The maximum Gasteiger partial charge on any atom is 0.417 e. The number of para-hydroxylation sites is 1. The quantitative estimate of drug-likeness (QED) is 0.878. The normalized spacial score (nSPS) is 9.81. The van der Waals surface area contributed by atoms with Crippen LogP contribution >= 0.6 is 0 Å². The van der Waals surface area contributed by atoms with Crippen LogP contribution in [0.25, 0.3) is 0 Å². The molecule has 0 saturated heterocycles. The highest BCUT2D eigenvalue weighted by Crippen LogP contribution is 2.16. The van der Waals surface area contributed by atoms with E-state index in [-0.39, 0.29) is 0 Å². The lowest BCUT2D eigenvalue weighted by molar-refractivity contribution is 0.0600. The van der Waals surface area contributed by atoms with Gasteiger partial charge in [-0.05, 0) is 42.8 Å². The van der Waals surface area contributed by atoms with Gasteiger partial charge in [0.25, 0.3) is 0 Å². The Morgan fingerprint density at radius 3 is 2.29 bits per heavy atom. The van der Waals surface area contributed by atoms with Gasteiger partial charge in [-0.3, -0.25) is 5.32 Å². The van der Waals surface area contributed by atoms with Gasteiger partial charge < -0.3 is 9.47 Å². The van der Waals surface area contributed by atoms with Crippen molar-refractivity contribution in [1.29, 1.82) is 0 Å². The monoisotopic (exact) mass is 285 g/mol. The van der Waals surface area contributed by atoms with Crippen molar-refractivity contribution >= 4 is 17.7 Å². The molecule has 2 aromatic rings. The third-order valence-electron chi connectivity index (χ3n) is 2.87. The molecule has 1 N–H and O–H groups in total. The summed E-state index contributed by atoms with van der Waals surface area (Å²) in [7, 11) is 1.31. The van der Waals surface area contributed by atoms with Gasteiger partial charge in [0, 0.05) is 5.69 Å². The van der Waals surface area contributed by atoms with Gasteiger partial charge >= 0.3 is 12.1 Å². The molecule has 5 heteroatoms. The Balaban J connectivity index is 2.00. The van der Waals surface area contributed by atoms with Crippen LogP contribution in [0.1, 0.15) is 15.9 Å². The van der Waals surface area contributed by atoms with Crippen LogP contribution in [0.5, 0.6) is 5.75 Å². The van der Waals surface area contributed by atoms with E-state index in [9.17, 15) is 9.59 Å². The van der Waals surface area contributed by atoms with E-state index < -0.39 is 12.1 Å². The van der Waals surface area contributed by atoms with Gasteiger partial charge in [0.05, 0.1) is 12.7 Å². The molecule has 0 aromatic heterocycles. The van der Waals surface area contributed by atoms with Crippen LogP contribution in [-0.2, 0) is 4.74 Å². The fourth-order valence-corrected chi connectivity index (χ4v) is 1.73. The van der Waals surface area contributed by atoms with E-state index in [0.717, 1.165) is 5.56 Å². The Morgan fingerprint density at radius 2 is 1.67 bits per heavy atom. The van der Waals surface area contributed by atoms with Crippen LogP contribution < -0.4 is 10.1 Å². The molecular weight excluding hydrogens is 270 g/mol. The second-order valence-corrected chi connectivity index (χ2v) is 4.35. The minimum atomic E-state index is -0.588. The number of benzene rings is 2. The van der Waals surface area contributed by atoms with Gasteiger partial charge in [-0.25, -0.2) is 9.59 Å². The van der Waals surface area contributed by atoms with Crippen molar-refractivity contribution in [1.82, 2.24) is 0 Å². The van der Waals surface area contributed by atoms with E-state index in [1.807, 2.05) is 25.1 Å². The molecule has 0 aliphatic carbocycles. The number of hydrogen-bond donors (Lipinski definition) is 1. The Morgan fingerprint density at radius 1 is 1.00 bits per heavy atom. The highest BCUT2D eigenvalue weighted by atomic mass is 16.6. The molecule has 2 rings (SSSR count). The Labute approximate surface area is 122 Å². The first-order chi connectivity index (χ1) is 10.1. The summed E-state index contributed by atoms with van der Waals surface area (Å²) >= 11 is 0. The van der Waals surface area contributed by atoms with Crippen LogP contribution in [0.4, 0.5) is 10.5 Å². The molecule has 0 unspecified atom stereocenters. The summed E-state index contributed by atoms with van der Waals surface area (Å²) in [5.41, 5.74) is 2.02. The largest absolute Gasteiger partial charge is 0.465 e. The third kappa shape index (κ3) is 3.82. The highest BCUT2D eigenvalue weighted by molar-refractivity contribution is 5.90. The average molecular weight is 285 g/mol. The topological polar surface area (TPSA) is 64.6 Å². The molecule has 0 atom stereocenters. The number of rotatable bonds is 3. The van der Waals surface area contributed by atoms with Gasteiger partial charge in [-0.1, -0.05) is 18.2 Å². The molecule has 5 nitrogen and oxygen atoms in total. The molecule has 0 saturated carbocycles. The highest BCUT2D eigenvalue weighted by Gasteiger charge is 2.08. The number of hydrogen-bond acceptors (Lipinski definition) is 4. The number of carbonyl (C=O) groups excluding carboxylic acids is 2. The molecule has 0 aliphatic rings. The zero-order valence-electron chi connectivity index (χ0n) is 11.8. The van der Waals surface area contributed by atoms with Gasteiger partial charge in [0.1, 0.15) is 5.75 Å². The fraction of sp³-hybridized carbons (Fsp3) is 0.125. The SMILES string of the molecule is COC(=O)c1ccc(OC(=O)Nc2ccccc2C)cc1. The fourth-order valence-electron chi connectivity index (χ4n) is 1.73. The first-order valence-electron chi connectivity index (χ1n) is 6.33. The van der Waals surface area contributed by atoms with E-state index >= 15 is 0 Å². The Bertz CT molecular complexity index is 650. The molecule has 0 heterocycles. The van der Waals surface area contributed by atoms with E-state index in [1.165, 1.54) is 31.4 Å². The lowest BCUT2D eigenvalue weighted by Crippen LogP contribution is -2.17. The van der Waals surface area contributed by atoms with Crippen molar-refractivity contribution in [3.8, 4) is 5.75 Å². The number of amides is 1. The summed E-state index contributed by atoms with van der Waals surface area (Å²) in [6.07, 6.45) is -0.588. The van der Waals surface area contributed by atoms with E-state index in [0.29, 0.717) is 17.0 Å². The Kier molecular flexibility index (Phi) is 4.56. The maximum absolute atomic E-state index is 11.8. The summed E-state index contributed by atoms with van der Waals surface area (Å²) in [6.45, 7) is 1.89. The second kappa shape index (κ2) is 6.56. The van der Waals surface area contributed by atoms with Crippen LogP contribution in [0.3, 0.4) is 0 Å². The zero-order valence-corrected chi connectivity index (χ0v) is 11.8. The number of aryl methyl sites for hydroxylation is 1. The molecule has 2 aromatic carbocycles. The average Bonchev–Trinajstić information content (AvgIpc) is 2.49. The molecule has 0 bridgehead atoms. The van der Waals surface area contributed by atoms with Gasteiger partial charge in [0.15, 0.2) is 0 Å². The minimum Gasteiger partial charge on any atom is -0.465 e. The van der Waals surface area contributed by atoms with Crippen LogP contribution in [-0.4, -0.2) is 19.2 Å². The summed E-state index contributed by atoms with van der Waals surface area (Å²) in [5.74, 6) is -0.0975. The van der Waals surface area contributed by atoms with Gasteiger partial charge in [-0.15, -0.1) is 0 Å². The predicted molar refractivity (Wildman–Crippen MR) is 78.6 cm³/mol. The number of esters is 1. The Hall–Kier alpha value is -2.82. The maximum atomic E-state index is 11.8. The smallest absolute Gasteiger partial charge is 0.417 e. The minimum absolute atomic E-state index is 0.341. The van der Waals surface area contributed by atoms with Crippen LogP contribution in [0.15, 0.2) is 48.5 Å². The lowest BCUT2D eigenvalue weighted by atomic mass is 10.2. The number of methoxy groups -OCH3 is 1. The van der Waals surface area contributed by atoms with Crippen molar-refractivity contribution in [3.05, 3.63) is 59.7 Å². The van der Waals surface area contributed by atoms with Crippen molar-refractivity contribution in [2.75, 3.05) is 12.4 Å². The molecule has 0 fully saturated rings. The summed E-state index contributed by atoms with van der Waals surface area (Å²) in [5, 5.41) is 2.65. The second-order valence-electron chi connectivity index (χ2n) is 4.35. The van der Waals surface area contributed by atoms with Crippen molar-refractivity contribution in [2.45, 2.75) is 6.92 Å². The first-order valence-corrected chi connectivity index (χ1v) is 6.33. The van der Waals surface area contributed by atoms with Gasteiger partial charge in [-0.2, -0.15) is 0 Å². The van der Waals surface area contributed by atoms with Crippen LogP contribution in [0.2, 0.25) is 0 Å². The van der Waals surface area contributed by atoms with E-state index in [1.54, 1.807) is 6.07 Å². The van der Waals surface area contributed by atoms with Crippen molar-refractivity contribution in [3.63, 3.8) is 0 Å². The first kappa shape index (κ1) is 14.6. The predicted octanol–water partition coefficient (Wildman–Crippen LogP) is 3.39. The van der Waals surface area contributed by atoms with Crippen molar-refractivity contribution < 1.29 is 19.1 Å².